The van der Waals surface area contributed by atoms with E-state index in [1.807, 2.05) is 0 Å². The van der Waals surface area contributed by atoms with Gasteiger partial charge in [0.05, 0.1) is 0 Å². The van der Waals surface area contributed by atoms with Crippen molar-refractivity contribution in [1.29, 1.82) is 0 Å². The largest absolute Gasteiger partial charge is 0.301 e. The van der Waals surface area contributed by atoms with Gasteiger partial charge >= 0.3 is 0 Å². The van der Waals surface area contributed by atoms with Crippen molar-refractivity contribution in [2.45, 2.75) is 11.3 Å². The SMILES string of the molecule is CC(=O)Nc1nnc(S(N)(=O)=O)s1.[AlH3]. The van der Waals surface area contributed by atoms with Gasteiger partial charge in [0.1, 0.15) is 0 Å². The lowest BCUT2D eigenvalue weighted by atomic mass is 10.7. The van der Waals surface area contributed by atoms with Crippen molar-refractivity contribution in [3.05, 3.63) is 0 Å². The minimum atomic E-state index is -3.82. The molecule has 10 heteroatoms. The lowest BCUT2D eigenvalue weighted by Gasteiger charge is -1.90. The number of rotatable bonds is 2. The number of nitrogens with two attached hydrogens (primary N) is 1. The van der Waals surface area contributed by atoms with Gasteiger partial charge in [0.2, 0.25) is 15.4 Å². The fourth-order valence-electron chi connectivity index (χ4n) is 0.526. The maximum absolute atomic E-state index is 10.7. The molecule has 1 rings (SSSR count). The molecular weight excluding hydrogens is 243 g/mol. The zero-order valence-corrected chi connectivity index (χ0v) is 8.15. The number of hydrogen-bond donors (Lipinski definition) is 2. The molecule has 0 fully saturated rings. The molecule has 0 aromatic carbocycles. The first-order valence-electron chi connectivity index (χ1n) is 3.03. The second kappa shape index (κ2) is 4.81. The van der Waals surface area contributed by atoms with E-state index in [-0.39, 0.29) is 32.7 Å². The van der Waals surface area contributed by atoms with Crippen molar-refractivity contribution in [2.24, 2.45) is 5.14 Å². The van der Waals surface area contributed by atoms with Crippen LogP contribution in [0.25, 0.3) is 0 Å². The second-order valence-corrected chi connectivity index (χ2v) is 4.81. The van der Waals surface area contributed by atoms with Gasteiger partial charge in [-0.1, -0.05) is 11.3 Å². The van der Waals surface area contributed by atoms with Gasteiger partial charge in [0.15, 0.2) is 17.4 Å². The molecule has 0 aliphatic carbocycles. The quantitative estimate of drug-likeness (QED) is 0.465. The average Bonchev–Trinajstić information content (AvgIpc) is 2.32. The monoisotopic (exact) mass is 252 g/mol. The van der Waals surface area contributed by atoms with Gasteiger partial charge in [0.25, 0.3) is 10.0 Å². The topological polar surface area (TPSA) is 115 Å². The van der Waals surface area contributed by atoms with Gasteiger partial charge in [-0.15, -0.1) is 10.2 Å². The fourth-order valence-corrected chi connectivity index (χ4v) is 1.91. The third-order valence-electron chi connectivity index (χ3n) is 0.933. The van der Waals surface area contributed by atoms with Crippen molar-refractivity contribution in [3.63, 3.8) is 0 Å². The number of carbonyl (C=O) groups excluding carboxylic acids is 1. The van der Waals surface area contributed by atoms with Gasteiger partial charge in [-0.25, -0.2) is 13.6 Å². The Bertz CT molecular complexity index is 428. The lowest BCUT2D eigenvalue weighted by Crippen LogP contribution is -2.11. The Morgan fingerprint density at radius 3 is 2.43 bits per heavy atom. The average molecular weight is 252 g/mol. The molecule has 0 saturated carbocycles. The van der Waals surface area contributed by atoms with Crippen molar-refractivity contribution in [3.8, 4) is 0 Å². The molecule has 3 N–H and O–H groups in total. The first kappa shape index (κ1) is 13.5. The number of anilines is 1. The number of primary sulfonamides is 1. The van der Waals surface area contributed by atoms with Crippen LogP contribution in [0.2, 0.25) is 0 Å². The summed E-state index contributed by atoms with van der Waals surface area (Å²) >= 11 is 0.701. The highest BCUT2D eigenvalue weighted by molar-refractivity contribution is 7.91. The number of hydrogen-bond acceptors (Lipinski definition) is 6. The summed E-state index contributed by atoms with van der Waals surface area (Å²) in [6.07, 6.45) is 0. The van der Waals surface area contributed by atoms with Gasteiger partial charge in [0, 0.05) is 6.92 Å². The van der Waals surface area contributed by atoms with E-state index in [1.165, 1.54) is 6.92 Å². The molecule has 0 bridgehead atoms. The summed E-state index contributed by atoms with van der Waals surface area (Å²) < 4.78 is 21.1. The first-order chi connectivity index (χ1) is 5.89. The first-order valence-corrected chi connectivity index (χ1v) is 5.40. The second-order valence-electron chi connectivity index (χ2n) is 2.10. The van der Waals surface area contributed by atoms with Crippen molar-refractivity contribution in [1.82, 2.24) is 10.2 Å². The Kier molecular flexibility index (Phi) is 4.63. The van der Waals surface area contributed by atoms with Crippen LogP contribution in [0.3, 0.4) is 0 Å². The maximum atomic E-state index is 10.7. The van der Waals surface area contributed by atoms with E-state index in [2.05, 4.69) is 15.5 Å². The highest BCUT2D eigenvalue weighted by Gasteiger charge is 2.15. The van der Waals surface area contributed by atoms with Gasteiger partial charge in [-0.3, -0.25) is 4.79 Å². The molecular formula is C4H9AlN4O3S2. The molecule has 1 heterocycles. The van der Waals surface area contributed by atoms with Gasteiger partial charge in [-0.05, 0) is 0 Å². The number of sulfonamides is 1. The van der Waals surface area contributed by atoms with E-state index < -0.39 is 10.0 Å². The van der Waals surface area contributed by atoms with Crippen LogP contribution in [-0.2, 0) is 14.8 Å². The van der Waals surface area contributed by atoms with E-state index >= 15 is 0 Å². The zero-order valence-electron chi connectivity index (χ0n) is 6.51. The molecule has 0 saturated heterocycles. The summed E-state index contributed by atoms with van der Waals surface area (Å²) in [5, 5.41) is 13.8. The summed E-state index contributed by atoms with van der Waals surface area (Å²) in [6.45, 7) is 1.28. The summed E-state index contributed by atoms with van der Waals surface area (Å²) in [5.74, 6) is -0.350. The summed E-state index contributed by atoms with van der Waals surface area (Å²) in [6, 6.07) is 0. The predicted molar refractivity (Wildman–Crippen MR) is 55.5 cm³/mol. The van der Waals surface area contributed by atoms with E-state index in [0.29, 0.717) is 11.3 Å². The van der Waals surface area contributed by atoms with Crippen LogP contribution in [0.4, 0.5) is 5.13 Å². The number of amides is 1. The van der Waals surface area contributed by atoms with E-state index in [9.17, 15) is 13.2 Å². The minimum absolute atomic E-state index is 0. The smallest absolute Gasteiger partial charge is 0.267 e. The lowest BCUT2D eigenvalue weighted by molar-refractivity contribution is -0.114. The highest BCUT2D eigenvalue weighted by Crippen LogP contribution is 2.17. The van der Waals surface area contributed by atoms with Crippen molar-refractivity contribution >= 4 is 49.8 Å². The van der Waals surface area contributed by atoms with E-state index in [1.54, 1.807) is 0 Å². The van der Waals surface area contributed by atoms with E-state index in [4.69, 9.17) is 5.14 Å². The molecule has 78 valence electrons. The number of nitrogens with zero attached hydrogens (tertiary/aromatic N) is 2. The van der Waals surface area contributed by atoms with Crippen LogP contribution in [-0.4, -0.2) is 41.9 Å². The van der Waals surface area contributed by atoms with Gasteiger partial charge in [-0.2, -0.15) is 0 Å². The molecule has 0 aliphatic heterocycles. The van der Waals surface area contributed by atoms with Crippen LogP contribution in [0.1, 0.15) is 6.92 Å². The minimum Gasteiger partial charge on any atom is -0.301 e. The van der Waals surface area contributed by atoms with Crippen LogP contribution in [0, 0.1) is 0 Å². The Hall–Kier alpha value is -0.528. The molecule has 0 unspecified atom stereocenters. The van der Waals surface area contributed by atoms with Crippen LogP contribution in [0.15, 0.2) is 4.34 Å². The Balaban J connectivity index is 0.00000169. The Morgan fingerprint density at radius 2 is 2.07 bits per heavy atom. The highest BCUT2D eigenvalue weighted by atomic mass is 32.2. The summed E-state index contributed by atoms with van der Waals surface area (Å²) in [4.78, 5) is 10.5. The number of nitrogens with one attached hydrogen (secondary N) is 1. The number of aromatic nitrogens is 2. The third kappa shape index (κ3) is 3.69. The number of carbonyl (C=O) groups is 1. The van der Waals surface area contributed by atoms with Gasteiger partial charge < -0.3 is 5.32 Å². The van der Waals surface area contributed by atoms with Crippen LogP contribution >= 0.6 is 11.3 Å². The molecule has 0 atom stereocenters. The zero-order chi connectivity index (χ0) is 10.1. The maximum Gasteiger partial charge on any atom is 0.267 e. The molecule has 0 radical (unpaired) electrons. The molecule has 0 spiro atoms. The predicted octanol–water partition coefficient (Wildman–Crippen LogP) is -2.04. The Labute approximate surface area is 94.9 Å². The standard InChI is InChI=1S/C4H6N4O3S2.Al.3H/c1-2(9)6-3-7-8-4(12-3)13(5,10)11;;;;/h1H3,(H2,5,10,11)(H,6,7,9);;;;. The van der Waals surface area contributed by atoms with Crippen molar-refractivity contribution < 1.29 is 13.2 Å². The Morgan fingerprint density at radius 1 is 1.50 bits per heavy atom. The van der Waals surface area contributed by atoms with Crippen LogP contribution in [0.5, 0.6) is 0 Å². The molecule has 0 aliphatic rings. The summed E-state index contributed by atoms with van der Waals surface area (Å²) in [7, 11) is -3.82. The van der Waals surface area contributed by atoms with Crippen LogP contribution < -0.4 is 10.5 Å². The molecule has 1 aromatic rings. The molecule has 1 amide bonds. The van der Waals surface area contributed by atoms with E-state index in [0.717, 1.165) is 0 Å². The fraction of sp³-hybridized carbons (Fsp3) is 0.250. The molecule has 1 aromatic heterocycles. The van der Waals surface area contributed by atoms with Crippen molar-refractivity contribution in [2.75, 3.05) is 5.32 Å². The molecule has 7 nitrogen and oxygen atoms in total. The normalized spacial score (nSPS) is 10.4. The summed E-state index contributed by atoms with van der Waals surface area (Å²) in [5.41, 5.74) is 0. The third-order valence-corrected chi connectivity index (χ3v) is 3.08. The molecule has 14 heavy (non-hydrogen) atoms.